The van der Waals surface area contributed by atoms with Gasteiger partial charge in [0.25, 0.3) is 5.60 Å². The van der Waals surface area contributed by atoms with Gasteiger partial charge >= 0.3 is 12.4 Å². The Morgan fingerprint density at radius 3 is 1.90 bits per heavy atom. The first-order valence-electron chi connectivity index (χ1n) is 5.94. The van der Waals surface area contributed by atoms with Crippen LogP contribution in [0.2, 0.25) is 0 Å². The monoisotopic (exact) mass is 310 g/mol. The lowest BCUT2D eigenvalue weighted by molar-refractivity contribution is -0.416. The number of halogens is 6. The van der Waals surface area contributed by atoms with E-state index in [9.17, 15) is 31.4 Å². The number of ether oxygens (including phenoxy) is 2. The van der Waals surface area contributed by atoms with Gasteiger partial charge < -0.3 is 14.6 Å². The lowest BCUT2D eigenvalue weighted by atomic mass is 9.83. The molecule has 0 bridgehead atoms. The van der Waals surface area contributed by atoms with E-state index in [1.807, 2.05) is 0 Å². The Hall–Kier alpha value is -0.540. The summed E-state index contributed by atoms with van der Waals surface area (Å²) in [7, 11) is 0. The van der Waals surface area contributed by atoms with Gasteiger partial charge in [-0.15, -0.1) is 0 Å². The average Bonchev–Trinajstić information content (AvgIpc) is 2.25. The minimum atomic E-state index is -5.91. The quantitative estimate of drug-likeness (QED) is 0.815. The van der Waals surface area contributed by atoms with E-state index in [-0.39, 0.29) is 13.0 Å². The normalized spacial score (nSPS) is 22.9. The summed E-state index contributed by atoms with van der Waals surface area (Å²) >= 11 is 0. The fourth-order valence-corrected chi connectivity index (χ4v) is 2.15. The van der Waals surface area contributed by atoms with Crippen molar-refractivity contribution in [3.05, 3.63) is 0 Å². The first kappa shape index (κ1) is 17.5. The molecule has 0 radical (unpaired) electrons. The Bertz CT molecular complexity index is 316. The molecule has 20 heavy (non-hydrogen) atoms. The van der Waals surface area contributed by atoms with Crippen LogP contribution < -0.4 is 0 Å². The molecule has 0 aromatic rings. The molecule has 1 fully saturated rings. The molecule has 1 rings (SSSR count). The predicted octanol–water partition coefficient (Wildman–Crippen LogP) is 2.82. The van der Waals surface area contributed by atoms with Crippen LogP contribution in [0.5, 0.6) is 0 Å². The second-order valence-electron chi connectivity index (χ2n) is 5.17. The molecule has 1 aliphatic rings. The molecule has 0 saturated carbocycles. The summed E-state index contributed by atoms with van der Waals surface area (Å²) in [4.78, 5) is 0. The van der Waals surface area contributed by atoms with E-state index in [0.717, 1.165) is 0 Å². The Morgan fingerprint density at radius 2 is 1.55 bits per heavy atom. The van der Waals surface area contributed by atoms with Gasteiger partial charge in [-0.05, 0) is 26.7 Å². The molecular formula is C11H16F6O3. The van der Waals surface area contributed by atoms with Crippen LogP contribution in [0.25, 0.3) is 0 Å². The molecule has 1 aliphatic heterocycles. The number of aliphatic hydroxyl groups is 1. The summed E-state index contributed by atoms with van der Waals surface area (Å²) in [6.07, 6.45) is -12.0. The molecule has 0 spiro atoms. The third-order valence-electron chi connectivity index (χ3n) is 3.27. The molecule has 1 unspecified atom stereocenters. The summed E-state index contributed by atoms with van der Waals surface area (Å²) in [5, 5.41) is 9.33. The second-order valence-corrected chi connectivity index (χ2v) is 5.17. The molecule has 120 valence electrons. The molecule has 1 atom stereocenters. The predicted molar refractivity (Wildman–Crippen MR) is 56.1 cm³/mol. The van der Waals surface area contributed by atoms with Crippen molar-refractivity contribution in [1.82, 2.24) is 0 Å². The van der Waals surface area contributed by atoms with E-state index in [0.29, 0.717) is 26.9 Å². The fourth-order valence-electron chi connectivity index (χ4n) is 2.15. The van der Waals surface area contributed by atoms with Crippen molar-refractivity contribution in [3.8, 4) is 0 Å². The fraction of sp³-hybridized carbons (Fsp3) is 1.00. The van der Waals surface area contributed by atoms with E-state index in [1.165, 1.54) is 0 Å². The van der Waals surface area contributed by atoms with Crippen LogP contribution in [0.3, 0.4) is 0 Å². The highest BCUT2D eigenvalue weighted by Gasteiger charge is 2.77. The first-order chi connectivity index (χ1) is 8.83. The molecule has 0 amide bonds. The highest BCUT2D eigenvalue weighted by molar-refractivity contribution is 5.06. The number of alkyl halides is 6. The molecule has 3 nitrogen and oxygen atoms in total. The van der Waals surface area contributed by atoms with Gasteiger partial charge in [-0.1, -0.05) is 0 Å². The van der Waals surface area contributed by atoms with Gasteiger partial charge in [-0.25, -0.2) is 0 Å². The maximum atomic E-state index is 12.8. The van der Waals surface area contributed by atoms with Gasteiger partial charge in [0.2, 0.25) is 0 Å². The zero-order valence-corrected chi connectivity index (χ0v) is 10.9. The summed E-state index contributed by atoms with van der Waals surface area (Å²) in [6.45, 7) is 1.42. The molecule has 1 heterocycles. The lowest BCUT2D eigenvalue weighted by Gasteiger charge is -2.45. The van der Waals surface area contributed by atoms with Crippen LogP contribution >= 0.6 is 0 Å². The summed E-state index contributed by atoms with van der Waals surface area (Å²) in [5.41, 5.74) is -7.85. The largest absolute Gasteiger partial charge is 0.429 e. The number of hydrogen-bond acceptors (Lipinski definition) is 3. The van der Waals surface area contributed by atoms with Gasteiger partial charge in [0, 0.05) is 6.61 Å². The zero-order chi connectivity index (χ0) is 15.8. The average molecular weight is 310 g/mol. The molecule has 1 saturated heterocycles. The van der Waals surface area contributed by atoms with Gasteiger partial charge in [-0.2, -0.15) is 26.3 Å². The lowest BCUT2D eigenvalue weighted by Crippen LogP contribution is -2.70. The Morgan fingerprint density at radius 1 is 1.05 bits per heavy atom. The maximum absolute atomic E-state index is 12.8. The topological polar surface area (TPSA) is 38.7 Å². The Kier molecular flexibility index (Phi) is 4.68. The van der Waals surface area contributed by atoms with E-state index < -0.39 is 29.7 Å². The Labute approximate surface area is 111 Å². The zero-order valence-electron chi connectivity index (χ0n) is 10.9. The van der Waals surface area contributed by atoms with E-state index >= 15 is 0 Å². The van der Waals surface area contributed by atoms with Crippen LogP contribution in [0.15, 0.2) is 0 Å². The number of rotatable bonds is 3. The maximum Gasteiger partial charge on any atom is 0.429 e. The van der Waals surface area contributed by atoms with Gasteiger partial charge in [-0.3, -0.25) is 0 Å². The van der Waals surface area contributed by atoms with Crippen molar-refractivity contribution < 1.29 is 40.9 Å². The van der Waals surface area contributed by atoms with Crippen LogP contribution in [0.4, 0.5) is 26.3 Å². The molecule has 0 aromatic heterocycles. The van der Waals surface area contributed by atoms with Gasteiger partial charge in [0.1, 0.15) is 5.60 Å². The minimum absolute atomic E-state index is 0.102. The van der Waals surface area contributed by atoms with E-state index in [4.69, 9.17) is 9.47 Å². The van der Waals surface area contributed by atoms with E-state index in [2.05, 4.69) is 0 Å². The minimum Gasteiger partial charge on any atom is -0.379 e. The molecular weight excluding hydrogens is 294 g/mol. The highest BCUT2D eigenvalue weighted by Crippen LogP contribution is 2.51. The summed E-state index contributed by atoms with van der Waals surface area (Å²) in [5.74, 6) is 0. The SMILES string of the molecule is CC(C)(OC1CCCOC1)C(O)(C(F)(F)F)C(F)(F)F. The first-order valence-corrected chi connectivity index (χ1v) is 5.94. The van der Waals surface area contributed by atoms with Crippen LogP contribution in [0, 0.1) is 0 Å². The van der Waals surface area contributed by atoms with Gasteiger partial charge in [0.05, 0.1) is 12.7 Å². The van der Waals surface area contributed by atoms with Crippen molar-refractivity contribution in [2.45, 2.75) is 56.3 Å². The third kappa shape index (κ3) is 3.04. The third-order valence-corrected chi connectivity index (χ3v) is 3.27. The van der Waals surface area contributed by atoms with Crippen molar-refractivity contribution in [1.29, 1.82) is 0 Å². The molecule has 0 aromatic carbocycles. The smallest absolute Gasteiger partial charge is 0.379 e. The van der Waals surface area contributed by atoms with E-state index in [1.54, 1.807) is 0 Å². The summed E-state index contributed by atoms with van der Waals surface area (Å²) in [6, 6.07) is 0. The number of hydrogen-bond donors (Lipinski definition) is 1. The molecule has 0 aliphatic carbocycles. The summed E-state index contributed by atoms with van der Waals surface area (Å²) < 4.78 is 86.4. The standard InChI is InChI=1S/C11H16F6O3/c1-8(2,20-7-4-3-5-19-6-7)9(18,10(12,13)14)11(15,16)17/h7,18H,3-6H2,1-2H3. The van der Waals surface area contributed by atoms with Crippen molar-refractivity contribution in [2.75, 3.05) is 13.2 Å². The molecule has 1 N–H and O–H groups in total. The van der Waals surface area contributed by atoms with Gasteiger partial charge in [0.15, 0.2) is 0 Å². The highest BCUT2D eigenvalue weighted by atomic mass is 19.4. The van der Waals surface area contributed by atoms with Crippen molar-refractivity contribution >= 4 is 0 Å². The Balaban J connectivity index is 3.05. The van der Waals surface area contributed by atoms with Crippen LogP contribution in [0.1, 0.15) is 26.7 Å². The van der Waals surface area contributed by atoms with Crippen molar-refractivity contribution in [2.24, 2.45) is 0 Å². The second kappa shape index (κ2) is 5.34. The van der Waals surface area contributed by atoms with Crippen LogP contribution in [-0.4, -0.2) is 48.0 Å². The van der Waals surface area contributed by atoms with Crippen LogP contribution in [-0.2, 0) is 9.47 Å². The molecule has 9 heteroatoms. The van der Waals surface area contributed by atoms with Crippen molar-refractivity contribution in [3.63, 3.8) is 0 Å².